The van der Waals surface area contributed by atoms with Crippen molar-refractivity contribution in [2.75, 3.05) is 13.7 Å². The van der Waals surface area contributed by atoms with Gasteiger partial charge in [-0.25, -0.2) is 23.5 Å². The molecule has 0 amide bonds. The summed E-state index contributed by atoms with van der Waals surface area (Å²) in [4.78, 5) is 39.1. The Kier molecular flexibility index (Phi) is 8.98. The Labute approximate surface area is 256 Å². The Morgan fingerprint density at radius 2 is 2.02 bits per heavy atom. The van der Waals surface area contributed by atoms with Crippen molar-refractivity contribution in [3.63, 3.8) is 0 Å². The Morgan fingerprint density at radius 3 is 2.72 bits per heavy atom. The van der Waals surface area contributed by atoms with Gasteiger partial charge in [-0.2, -0.15) is 0 Å². The van der Waals surface area contributed by atoms with Crippen LogP contribution in [0.5, 0.6) is 0 Å². The highest BCUT2D eigenvalue weighted by atomic mass is 35.5. The van der Waals surface area contributed by atoms with Gasteiger partial charge in [0.25, 0.3) is 0 Å². The summed E-state index contributed by atoms with van der Waals surface area (Å²) in [5.41, 5.74) is 1.69. The van der Waals surface area contributed by atoms with E-state index in [1.807, 2.05) is 0 Å². The lowest BCUT2D eigenvalue weighted by molar-refractivity contribution is -0.149. The molecule has 0 bridgehead atoms. The largest absolute Gasteiger partial charge is 0.469 e. The maximum Gasteiger partial charge on any atom is 0.338 e. The number of aryl methyl sites for hydroxylation is 1. The molecule has 1 N–H and O–H groups in total. The average Bonchev–Trinajstić information content (AvgIpc) is 3.65. The van der Waals surface area contributed by atoms with E-state index in [9.17, 15) is 18.4 Å². The molecule has 43 heavy (non-hydrogen) atoms. The van der Waals surface area contributed by atoms with Crippen LogP contribution in [-0.4, -0.2) is 41.5 Å². The number of aliphatic imine (C=N–C) groups is 1. The van der Waals surface area contributed by atoms with Crippen LogP contribution >= 0.6 is 22.9 Å². The van der Waals surface area contributed by atoms with E-state index in [1.165, 1.54) is 24.5 Å². The molecule has 0 spiro atoms. The van der Waals surface area contributed by atoms with Crippen LogP contribution in [0.25, 0.3) is 0 Å². The third-order valence-electron chi connectivity index (χ3n) is 7.95. The predicted octanol–water partition coefficient (Wildman–Crippen LogP) is 6.08. The van der Waals surface area contributed by atoms with Crippen LogP contribution in [0.1, 0.15) is 73.5 Å². The number of thiazole rings is 1. The lowest BCUT2D eigenvalue weighted by Gasteiger charge is -2.32. The maximum absolute atomic E-state index is 14.6. The van der Waals surface area contributed by atoms with E-state index in [0.717, 1.165) is 11.8 Å². The Hall–Kier alpha value is -3.64. The number of esters is 2. The zero-order chi connectivity index (χ0) is 29.5. The molecule has 13 heteroatoms. The van der Waals surface area contributed by atoms with Crippen LogP contribution in [0.4, 0.5) is 8.78 Å². The van der Waals surface area contributed by atoms with Crippen LogP contribution in [0.2, 0.25) is 5.02 Å². The van der Waals surface area contributed by atoms with Gasteiger partial charge in [-0.1, -0.05) is 25.1 Å². The number of nitrogens with one attached hydrogen (secondary N) is 1. The first-order valence-corrected chi connectivity index (χ1v) is 14.9. The van der Waals surface area contributed by atoms with Gasteiger partial charge in [0.15, 0.2) is 28.4 Å². The van der Waals surface area contributed by atoms with Crippen molar-refractivity contribution in [3.05, 3.63) is 79.6 Å². The van der Waals surface area contributed by atoms with E-state index in [0.29, 0.717) is 60.3 Å². The lowest BCUT2D eigenvalue weighted by Crippen LogP contribution is -2.38. The highest BCUT2D eigenvalue weighted by Gasteiger charge is 2.42. The van der Waals surface area contributed by atoms with Gasteiger partial charge < -0.3 is 19.2 Å². The number of oxazole rings is 1. The van der Waals surface area contributed by atoms with Gasteiger partial charge >= 0.3 is 11.9 Å². The molecule has 9 nitrogen and oxygen atoms in total. The second-order valence-electron chi connectivity index (χ2n) is 10.4. The van der Waals surface area contributed by atoms with Crippen LogP contribution in [0, 0.1) is 23.5 Å². The molecule has 2 aliphatic carbocycles. The van der Waals surface area contributed by atoms with E-state index in [2.05, 4.69) is 10.3 Å². The number of hydrogen-bond donors (Lipinski definition) is 1. The number of carbonyl (C=O) groups excluding carboxylic acids is 2. The minimum atomic E-state index is -1.22. The van der Waals surface area contributed by atoms with Gasteiger partial charge in [0.2, 0.25) is 0 Å². The van der Waals surface area contributed by atoms with E-state index >= 15 is 0 Å². The van der Waals surface area contributed by atoms with Gasteiger partial charge in [0.05, 0.1) is 35.9 Å². The first-order valence-electron chi connectivity index (χ1n) is 13.6. The standard InChI is InChI=1S/C29H27ClF2N4O5S.CH4/c1-3-40-29(38)20-23(13-4-7-18-19(12-13)41-26(34-18)14-10-15(11-14)28(37)39-2)35-25(27-33-8-9-42-27)36-24(20)16-5-6-17(31)22(32)21(16)30;/h5-6,8-9,13-15,24H,3-4,7,10-12H2,1-2H3,(H,35,36);1H4. The number of methoxy groups -OCH3 is 1. The lowest BCUT2D eigenvalue weighted by atomic mass is 9.75. The van der Waals surface area contributed by atoms with Gasteiger partial charge in [0.1, 0.15) is 11.8 Å². The number of ether oxygens (including phenoxy) is 2. The topological polar surface area (TPSA) is 116 Å². The third kappa shape index (κ3) is 5.70. The number of rotatable bonds is 7. The summed E-state index contributed by atoms with van der Waals surface area (Å²) in [7, 11) is 1.38. The predicted molar refractivity (Wildman–Crippen MR) is 156 cm³/mol. The van der Waals surface area contributed by atoms with Crippen molar-refractivity contribution in [2.24, 2.45) is 16.8 Å². The molecule has 3 aliphatic rings. The van der Waals surface area contributed by atoms with E-state index in [1.54, 1.807) is 18.5 Å². The third-order valence-corrected chi connectivity index (χ3v) is 9.11. The molecule has 0 saturated heterocycles. The second-order valence-corrected chi connectivity index (χ2v) is 11.7. The summed E-state index contributed by atoms with van der Waals surface area (Å²) in [5.74, 6) is -1.83. The van der Waals surface area contributed by atoms with E-state index in [4.69, 9.17) is 35.5 Å². The zero-order valence-electron chi connectivity index (χ0n) is 22.8. The number of halogens is 3. The normalized spacial score (nSPS) is 22.9. The summed E-state index contributed by atoms with van der Waals surface area (Å²) < 4.78 is 45.2. The summed E-state index contributed by atoms with van der Waals surface area (Å²) in [5, 5.41) is 5.21. The number of carbonyl (C=O) groups is 2. The Bertz CT molecular complexity index is 1600. The molecule has 228 valence electrons. The smallest absolute Gasteiger partial charge is 0.338 e. The molecule has 2 atom stereocenters. The molecular weight excluding hydrogens is 602 g/mol. The molecule has 1 fully saturated rings. The number of benzene rings is 1. The van der Waals surface area contributed by atoms with Crippen molar-refractivity contribution in [1.29, 1.82) is 0 Å². The highest BCUT2D eigenvalue weighted by molar-refractivity contribution is 7.11. The molecule has 3 aromatic rings. The van der Waals surface area contributed by atoms with Crippen LogP contribution < -0.4 is 5.32 Å². The molecule has 2 aromatic heterocycles. The molecule has 1 aliphatic heterocycles. The molecule has 3 heterocycles. The number of allylic oxidation sites excluding steroid dienone is 1. The summed E-state index contributed by atoms with van der Waals surface area (Å²) >= 11 is 7.64. The van der Waals surface area contributed by atoms with Gasteiger partial charge in [-0.3, -0.25) is 9.79 Å². The molecule has 6 rings (SSSR count). The van der Waals surface area contributed by atoms with Gasteiger partial charge in [0, 0.05) is 41.1 Å². The molecular formula is C30H31ClF2N4O5S. The first kappa shape index (κ1) is 30.8. The average molecular weight is 633 g/mol. The van der Waals surface area contributed by atoms with Crippen molar-refractivity contribution in [3.8, 4) is 0 Å². The fraction of sp³-hybridized carbons (Fsp3) is 0.433. The van der Waals surface area contributed by atoms with Crippen molar-refractivity contribution in [2.45, 2.75) is 58.4 Å². The fourth-order valence-electron chi connectivity index (χ4n) is 5.74. The van der Waals surface area contributed by atoms with Gasteiger partial charge in [-0.15, -0.1) is 11.3 Å². The van der Waals surface area contributed by atoms with Crippen molar-refractivity contribution >= 4 is 40.7 Å². The SMILES string of the molecule is C.CCOC(=O)C1=C(C2CCc3nc(C4CC(C(=O)OC)C4)oc3C2)NC(c2nccs2)=NC1c1ccc(F)c(F)c1Cl. The Balaban J connectivity index is 0.00000368. The molecule has 1 aromatic carbocycles. The highest BCUT2D eigenvalue weighted by Crippen LogP contribution is 2.45. The molecule has 0 radical (unpaired) electrons. The molecule has 1 saturated carbocycles. The van der Waals surface area contributed by atoms with E-state index < -0.39 is 28.7 Å². The van der Waals surface area contributed by atoms with Gasteiger partial charge in [-0.05, 0) is 38.7 Å². The maximum atomic E-state index is 14.6. The molecule has 2 unspecified atom stereocenters. The van der Waals surface area contributed by atoms with E-state index in [-0.39, 0.29) is 48.9 Å². The second kappa shape index (κ2) is 12.5. The monoisotopic (exact) mass is 632 g/mol. The summed E-state index contributed by atoms with van der Waals surface area (Å²) in [6, 6.07) is 1.23. The number of nitrogens with zero attached hydrogens (tertiary/aromatic N) is 3. The van der Waals surface area contributed by atoms with Crippen LogP contribution in [-0.2, 0) is 31.9 Å². The zero-order valence-corrected chi connectivity index (χ0v) is 24.4. The number of fused-ring (bicyclic) bond motifs is 1. The minimum Gasteiger partial charge on any atom is -0.469 e. The van der Waals surface area contributed by atoms with Crippen molar-refractivity contribution < 1.29 is 32.3 Å². The quantitative estimate of drug-likeness (QED) is 0.246. The first-order chi connectivity index (χ1) is 20.3. The fourth-order valence-corrected chi connectivity index (χ4v) is 6.59. The minimum absolute atomic E-state index is 0. The summed E-state index contributed by atoms with van der Waals surface area (Å²) in [6.45, 7) is 1.79. The number of aromatic nitrogens is 2. The van der Waals surface area contributed by atoms with Crippen LogP contribution in [0.3, 0.4) is 0 Å². The van der Waals surface area contributed by atoms with Crippen molar-refractivity contribution in [1.82, 2.24) is 15.3 Å². The van der Waals surface area contributed by atoms with Crippen LogP contribution in [0.15, 0.2) is 44.4 Å². The number of amidine groups is 1. The Morgan fingerprint density at radius 1 is 1.23 bits per heavy atom. The number of hydrogen-bond acceptors (Lipinski definition) is 10. The summed E-state index contributed by atoms with van der Waals surface area (Å²) in [6.07, 6.45) is 4.53.